The molecule has 0 spiro atoms. The molecule has 0 radical (unpaired) electrons. The Morgan fingerprint density at radius 2 is 1.77 bits per heavy atom. The standard InChI is InChI=1S/C21H24N6O3/c1-23-7-8-25(21(23)30)17-10-22-27(14-17)18-12-24(13-18)20(29)15-9-19(28)26(11-15)16-5-3-2-4-6-16/h2-6,10,14-15,18H,7-9,11-13H2,1H3. The summed E-state index contributed by atoms with van der Waals surface area (Å²) in [6, 6.07) is 9.55. The van der Waals surface area contributed by atoms with Crippen LogP contribution in [0.4, 0.5) is 16.2 Å². The number of carbonyl (C=O) groups is 3. The summed E-state index contributed by atoms with van der Waals surface area (Å²) >= 11 is 0. The number of anilines is 2. The largest absolute Gasteiger partial charge is 0.338 e. The Hall–Kier alpha value is -3.36. The van der Waals surface area contributed by atoms with Gasteiger partial charge in [-0.05, 0) is 12.1 Å². The topological polar surface area (TPSA) is 82.0 Å². The molecule has 156 valence electrons. The third-order valence-corrected chi connectivity index (χ3v) is 6.21. The van der Waals surface area contributed by atoms with Crippen LogP contribution in [0.25, 0.3) is 0 Å². The maximum atomic E-state index is 12.9. The van der Waals surface area contributed by atoms with Crippen molar-refractivity contribution in [2.24, 2.45) is 5.92 Å². The van der Waals surface area contributed by atoms with Crippen LogP contribution in [0.5, 0.6) is 0 Å². The molecule has 3 saturated heterocycles. The molecular formula is C21H24N6O3. The highest BCUT2D eigenvalue weighted by molar-refractivity contribution is 6.00. The summed E-state index contributed by atoms with van der Waals surface area (Å²) in [5.41, 5.74) is 1.62. The van der Waals surface area contributed by atoms with E-state index >= 15 is 0 Å². The number of hydrogen-bond acceptors (Lipinski definition) is 4. The second kappa shape index (κ2) is 7.16. The zero-order valence-corrected chi connectivity index (χ0v) is 16.8. The van der Waals surface area contributed by atoms with Gasteiger partial charge in [0.25, 0.3) is 0 Å². The number of nitrogens with zero attached hydrogens (tertiary/aromatic N) is 6. The molecule has 30 heavy (non-hydrogen) atoms. The summed E-state index contributed by atoms with van der Waals surface area (Å²) in [5.74, 6) is -0.278. The highest BCUT2D eigenvalue weighted by Gasteiger charge is 2.41. The fourth-order valence-corrected chi connectivity index (χ4v) is 4.35. The highest BCUT2D eigenvalue weighted by atomic mass is 16.2. The predicted octanol–water partition coefficient (Wildman–Crippen LogP) is 1.19. The summed E-state index contributed by atoms with van der Waals surface area (Å²) in [6.07, 6.45) is 3.83. The smallest absolute Gasteiger partial charge is 0.324 e. The van der Waals surface area contributed by atoms with Crippen molar-refractivity contribution in [1.29, 1.82) is 0 Å². The minimum Gasteiger partial charge on any atom is -0.338 e. The van der Waals surface area contributed by atoms with E-state index in [0.29, 0.717) is 32.7 Å². The van der Waals surface area contributed by atoms with Crippen molar-refractivity contribution >= 4 is 29.2 Å². The maximum Gasteiger partial charge on any atom is 0.324 e. The molecule has 1 aromatic carbocycles. The Labute approximate surface area is 174 Å². The lowest BCUT2D eigenvalue weighted by Crippen LogP contribution is -2.53. The van der Waals surface area contributed by atoms with E-state index < -0.39 is 0 Å². The van der Waals surface area contributed by atoms with Crippen LogP contribution < -0.4 is 9.80 Å². The molecule has 0 saturated carbocycles. The lowest BCUT2D eigenvalue weighted by molar-refractivity contribution is -0.141. The highest BCUT2D eigenvalue weighted by Crippen LogP contribution is 2.30. The van der Waals surface area contributed by atoms with Crippen molar-refractivity contribution in [1.82, 2.24) is 19.6 Å². The van der Waals surface area contributed by atoms with Crippen LogP contribution in [0, 0.1) is 5.92 Å². The number of likely N-dealkylation sites (tertiary alicyclic amines) is 1. The van der Waals surface area contributed by atoms with Gasteiger partial charge in [-0.2, -0.15) is 5.10 Å². The zero-order chi connectivity index (χ0) is 20.8. The molecule has 1 aromatic heterocycles. The van der Waals surface area contributed by atoms with Crippen molar-refractivity contribution in [3.63, 3.8) is 0 Å². The fraction of sp³-hybridized carbons (Fsp3) is 0.429. The average molecular weight is 408 g/mol. The first-order valence-electron chi connectivity index (χ1n) is 10.2. The minimum atomic E-state index is -0.301. The van der Waals surface area contributed by atoms with Crippen LogP contribution in [0.2, 0.25) is 0 Å². The van der Waals surface area contributed by atoms with Crippen molar-refractivity contribution in [3.8, 4) is 0 Å². The Morgan fingerprint density at radius 3 is 2.47 bits per heavy atom. The van der Waals surface area contributed by atoms with Crippen molar-refractivity contribution in [3.05, 3.63) is 42.7 Å². The van der Waals surface area contributed by atoms with E-state index in [1.54, 1.807) is 32.8 Å². The number of aromatic nitrogens is 2. The summed E-state index contributed by atoms with van der Waals surface area (Å²) < 4.78 is 1.83. The second-order valence-electron chi connectivity index (χ2n) is 8.17. The van der Waals surface area contributed by atoms with E-state index in [1.807, 2.05) is 41.2 Å². The van der Waals surface area contributed by atoms with Crippen LogP contribution in [-0.2, 0) is 9.59 Å². The number of benzene rings is 1. The molecule has 4 heterocycles. The molecule has 3 fully saturated rings. The summed E-state index contributed by atoms with van der Waals surface area (Å²) in [7, 11) is 1.79. The number of urea groups is 1. The number of carbonyl (C=O) groups excluding carboxylic acids is 3. The first-order chi connectivity index (χ1) is 14.5. The van der Waals surface area contributed by atoms with Crippen molar-refractivity contribution in [2.45, 2.75) is 12.5 Å². The van der Waals surface area contributed by atoms with E-state index in [0.717, 1.165) is 11.4 Å². The molecule has 0 bridgehead atoms. The first kappa shape index (κ1) is 18.7. The van der Waals surface area contributed by atoms with Gasteiger partial charge in [0.2, 0.25) is 11.8 Å². The van der Waals surface area contributed by atoms with Gasteiger partial charge in [0.05, 0.1) is 23.8 Å². The molecule has 9 nitrogen and oxygen atoms in total. The molecule has 0 N–H and O–H groups in total. The summed E-state index contributed by atoms with van der Waals surface area (Å²) in [4.78, 5) is 44.3. The SMILES string of the molecule is CN1CCN(c2cnn(C3CN(C(=O)C4CC(=O)N(c5ccccc5)C4)C3)c2)C1=O. The Bertz CT molecular complexity index is 984. The number of hydrogen-bond donors (Lipinski definition) is 0. The summed E-state index contributed by atoms with van der Waals surface area (Å²) in [6.45, 7) is 2.94. The van der Waals surface area contributed by atoms with Gasteiger partial charge in [0.15, 0.2) is 0 Å². The van der Waals surface area contributed by atoms with Gasteiger partial charge in [-0.25, -0.2) is 4.79 Å². The molecule has 4 amide bonds. The molecule has 9 heteroatoms. The first-order valence-corrected chi connectivity index (χ1v) is 10.2. The van der Waals surface area contributed by atoms with Crippen LogP contribution in [0.15, 0.2) is 42.7 Å². The Morgan fingerprint density at radius 1 is 1.00 bits per heavy atom. The monoisotopic (exact) mass is 408 g/mol. The van der Waals surface area contributed by atoms with Crippen LogP contribution >= 0.6 is 0 Å². The number of rotatable bonds is 4. The van der Waals surface area contributed by atoms with Gasteiger partial charge >= 0.3 is 6.03 Å². The van der Waals surface area contributed by atoms with Gasteiger partial charge < -0.3 is 14.7 Å². The van der Waals surface area contributed by atoms with Crippen molar-refractivity contribution in [2.75, 3.05) is 49.6 Å². The van der Waals surface area contributed by atoms with E-state index in [-0.39, 0.29) is 36.2 Å². The molecule has 5 rings (SSSR count). The third kappa shape index (κ3) is 3.10. The van der Waals surface area contributed by atoms with Gasteiger partial charge in [-0.1, -0.05) is 18.2 Å². The predicted molar refractivity (Wildman–Crippen MR) is 110 cm³/mol. The van der Waals surface area contributed by atoms with Gasteiger partial charge in [-0.3, -0.25) is 19.2 Å². The number of likely N-dealkylation sites (N-methyl/N-ethyl adjacent to an activating group) is 1. The van der Waals surface area contributed by atoms with Gasteiger partial charge in [0, 0.05) is 58.1 Å². The van der Waals surface area contributed by atoms with E-state index in [9.17, 15) is 14.4 Å². The van der Waals surface area contributed by atoms with Gasteiger partial charge in [0.1, 0.15) is 0 Å². The fourth-order valence-electron chi connectivity index (χ4n) is 4.35. The van der Waals surface area contributed by atoms with E-state index in [4.69, 9.17) is 0 Å². The van der Waals surface area contributed by atoms with Gasteiger partial charge in [-0.15, -0.1) is 0 Å². The molecule has 3 aliphatic rings. The quantitative estimate of drug-likeness (QED) is 0.761. The number of amides is 4. The second-order valence-corrected chi connectivity index (χ2v) is 8.17. The normalized spacial score (nSPS) is 22.2. The molecule has 1 unspecified atom stereocenters. The molecule has 1 atom stereocenters. The summed E-state index contributed by atoms with van der Waals surface area (Å²) in [5, 5.41) is 4.40. The third-order valence-electron chi connectivity index (χ3n) is 6.21. The lowest BCUT2D eigenvalue weighted by atomic mass is 10.0. The molecule has 3 aliphatic heterocycles. The number of para-hydroxylation sites is 1. The van der Waals surface area contributed by atoms with Crippen LogP contribution in [0.1, 0.15) is 12.5 Å². The van der Waals surface area contributed by atoms with Crippen LogP contribution in [-0.4, -0.2) is 77.2 Å². The average Bonchev–Trinajstić information content (AvgIpc) is 3.42. The van der Waals surface area contributed by atoms with Crippen molar-refractivity contribution < 1.29 is 14.4 Å². The molecule has 2 aromatic rings. The molecular weight excluding hydrogens is 384 g/mol. The Kier molecular flexibility index (Phi) is 4.45. The molecule has 0 aliphatic carbocycles. The maximum absolute atomic E-state index is 12.9. The van der Waals surface area contributed by atoms with Crippen LogP contribution in [0.3, 0.4) is 0 Å². The Balaban J connectivity index is 1.18. The minimum absolute atomic E-state index is 0.00594. The zero-order valence-electron chi connectivity index (χ0n) is 16.8. The lowest BCUT2D eigenvalue weighted by Gasteiger charge is -2.40. The van der Waals surface area contributed by atoms with E-state index in [2.05, 4.69) is 5.10 Å². The van der Waals surface area contributed by atoms with E-state index in [1.165, 1.54) is 0 Å².